The first kappa shape index (κ1) is 14.1. The molecule has 0 unspecified atom stereocenters. The van der Waals surface area contributed by atoms with Gasteiger partial charge in [0, 0.05) is 36.8 Å². The van der Waals surface area contributed by atoms with E-state index in [2.05, 4.69) is 30.8 Å². The van der Waals surface area contributed by atoms with E-state index >= 15 is 0 Å². The van der Waals surface area contributed by atoms with E-state index in [9.17, 15) is 0 Å². The molecule has 0 amide bonds. The zero-order valence-corrected chi connectivity index (χ0v) is 12.6. The van der Waals surface area contributed by atoms with Gasteiger partial charge in [0.05, 0.1) is 11.0 Å². The number of anilines is 2. The van der Waals surface area contributed by atoms with E-state index in [1.54, 1.807) is 25.0 Å². The van der Waals surface area contributed by atoms with Crippen LogP contribution in [0.5, 0.6) is 0 Å². The average molecular weight is 311 g/mol. The second-order valence-corrected chi connectivity index (χ2v) is 5.19. The van der Waals surface area contributed by atoms with Crippen molar-refractivity contribution in [3.63, 3.8) is 0 Å². The number of aromatic nitrogens is 4. The molecule has 3 N–H and O–H groups in total. The maximum absolute atomic E-state index is 7.47. The van der Waals surface area contributed by atoms with Crippen LogP contribution in [0, 0.1) is 5.41 Å². The normalized spacial score (nSPS) is 11.4. The van der Waals surface area contributed by atoms with Crippen molar-refractivity contribution in [1.82, 2.24) is 25.5 Å². The summed E-state index contributed by atoms with van der Waals surface area (Å²) in [6.45, 7) is 0. The Morgan fingerprint density at radius 1 is 1.32 bits per heavy atom. The van der Waals surface area contributed by atoms with Gasteiger partial charge in [0.2, 0.25) is 5.13 Å². The molecule has 0 aliphatic heterocycles. The molecule has 0 radical (unpaired) electrons. The molecule has 7 nitrogen and oxygen atoms in total. The number of nitrogens with zero attached hydrogens (tertiary/aromatic N) is 4. The highest BCUT2D eigenvalue weighted by atomic mass is 32.1. The second kappa shape index (κ2) is 6.27. The Morgan fingerprint density at radius 3 is 2.95 bits per heavy atom. The molecule has 0 aromatic carbocycles. The van der Waals surface area contributed by atoms with Crippen LogP contribution in [-0.2, 0) is 0 Å². The summed E-state index contributed by atoms with van der Waals surface area (Å²) in [4.78, 5) is 8.91. The molecule has 0 saturated carbocycles. The Morgan fingerprint density at radius 2 is 2.23 bits per heavy atom. The van der Waals surface area contributed by atoms with Crippen molar-refractivity contribution in [1.29, 1.82) is 5.41 Å². The highest BCUT2D eigenvalue weighted by molar-refractivity contribution is 7.13. The predicted molar refractivity (Wildman–Crippen MR) is 88.6 cm³/mol. The number of fused-ring (bicyclic) bond motifs is 1. The van der Waals surface area contributed by atoms with Crippen LogP contribution in [0.2, 0.25) is 0 Å². The summed E-state index contributed by atoms with van der Waals surface area (Å²) in [7, 11) is 1.79. The molecule has 0 spiro atoms. The summed E-state index contributed by atoms with van der Waals surface area (Å²) in [6, 6.07) is 5.64. The van der Waals surface area contributed by atoms with Crippen LogP contribution in [0.15, 0.2) is 36.1 Å². The lowest BCUT2D eigenvalue weighted by Crippen LogP contribution is -1.99. The summed E-state index contributed by atoms with van der Waals surface area (Å²) >= 11 is 1.41. The molecular formula is C14H13N7S. The van der Waals surface area contributed by atoms with Gasteiger partial charge < -0.3 is 16.0 Å². The van der Waals surface area contributed by atoms with Crippen molar-refractivity contribution in [2.24, 2.45) is 0 Å². The van der Waals surface area contributed by atoms with Crippen LogP contribution in [0.3, 0.4) is 0 Å². The predicted octanol–water partition coefficient (Wildman–Crippen LogP) is 2.43. The Hall–Kier alpha value is -2.87. The number of nitrogens with one attached hydrogen (secondary N) is 3. The Kier molecular flexibility index (Phi) is 4.01. The lowest BCUT2D eigenvalue weighted by molar-refractivity contribution is 1.09. The van der Waals surface area contributed by atoms with E-state index in [-0.39, 0.29) is 0 Å². The highest BCUT2D eigenvalue weighted by Gasteiger charge is 2.05. The first-order chi connectivity index (χ1) is 10.8. The Balaban J connectivity index is 1.99. The molecule has 0 saturated heterocycles. The van der Waals surface area contributed by atoms with Crippen molar-refractivity contribution < 1.29 is 0 Å². The number of rotatable bonds is 5. The molecule has 110 valence electrons. The van der Waals surface area contributed by atoms with Gasteiger partial charge in [-0.1, -0.05) is 11.3 Å². The van der Waals surface area contributed by atoms with E-state index in [0.29, 0.717) is 10.9 Å². The van der Waals surface area contributed by atoms with Crippen molar-refractivity contribution in [2.45, 2.75) is 0 Å². The Labute approximate surface area is 130 Å². The van der Waals surface area contributed by atoms with Crippen molar-refractivity contribution in [3.8, 4) is 0 Å². The summed E-state index contributed by atoms with van der Waals surface area (Å²) in [5.41, 5.74) is 4.76. The van der Waals surface area contributed by atoms with E-state index in [1.165, 1.54) is 17.6 Å². The number of pyridine rings is 2. The van der Waals surface area contributed by atoms with Gasteiger partial charge in [-0.15, -0.1) is 10.2 Å². The van der Waals surface area contributed by atoms with Gasteiger partial charge in [-0.3, -0.25) is 4.98 Å². The molecule has 0 aliphatic rings. The molecular weight excluding hydrogens is 298 g/mol. The third-order valence-electron chi connectivity index (χ3n) is 2.92. The van der Waals surface area contributed by atoms with E-state index in [1.807, 2.05) is 18.2 Å². The molecule has 0 atom stereocenters. The van der Waals surface area contributed by atoms with Gasteiger partial charge in [0.1, 0.15) is 11.3 Å². The zero-order valence-electron chi connectivity index (χ0n) is 11.7. The minimum atomic E-state index is 0.678. The van der Waals surface area contributed by atoms with E-state index in [0.717, 1.165) is 22.2 Å². The monoisotopic (exact) mass is 311 g/mol. The first-order valence-corrected chi connectivity index (χ1v) is 7.36. The van der Waals surface area contributed by atoms with Crippen LogP contribution in [0.4, 0.5) is 10.9 Å². The summed E-state index contributed by atoms with van der Waals surface area (Å²) in [5, 5.41) is 21.9. The molecule has 0 fully saturated rings. The van der Waals surface area contributed by atoms with Gasteiger partial charge in [0.15, 0.2) is 0 Å². The topological polar surface area (TPSA) is 99.5 Å². The molecule has 3 aromatic rings. The minimum Gasteiger partial charge on any atom is -0.393 e. The number of allylic oxidation sites excluding steroid dienone is 1. The maximum atomic E-state index is 7.47. The zero-order chi connectivity index (χ0) is 15.4. The van der Waals surface area contributed by atoms with Gasteiger partial charge in [-0.2, -0.15) is 0 Å². The van der Waals surface area contributed by atoms with Crippen LogP contribution in [-0.4, -0.2) is 33.4 Å². The maximum Gasteiger partial charge on any atom is 0.210 e. The van der Waals surface area contributed by atoms with Gasteiger partial charge in [-0.05, 0) is 18.2 Å². The lowest BCUT2D eigenvalue weighted by Gasteiger charge is -2.06. The minimum absolute atomic E-state index is 0.678. The summed E-state index contributed by atoms with van der Waals surface area (Å²) in [6.07, 6.45) is 4.76. The van der Waals surface area contributed by atoms with Crippen LogP contribution in [0.1, 0.15) is 5.56 Å². The summed E-state index contributed by atoms with van der Waals surface area (Å²) < 4.78 is 0. The fraction of sp³-hybridized carbons (Fsp3) is 0.0714. The van der Waals surface area contributed by atoms with Crippen LogP contribution in [0.25, 0.3) is 16.6 Å². The van der Waals surface area contributed by atoms with E-state index in [4.69, 9.17) is 5.41 Å². The fourth-order valence-corrected chi connectivity index (χ4v) is 2.39. The molecule has 3 aromatic heterocycles. The van der Waals surface area contributed by atoms with Crippen molar-refractivity contribution >= 4 is 45.1 Å². The lowest BCUT2D eigenvalue weighted by atomic mass is 10.1. The standard InChI is InChI=1S/C14H13N7S/c1-16-6-10(5-15)9-4-12-11(17-7-9)2-3-13(19-12)20-14-21-18-8-22-14/h2-8,15-16H,1H3,(H,19,20,21)/b10-6+,15-5?. The number of hydrogen-bond acceptors (Lipinski definition) is 8. The third kappa shape index (κ3) is 2.91. The van der Waals surface area contributed by atoms with Crippen LogP contribution >= 0.6 is 11.3 Å². The largest absolute Gasteiger partial charge is 0.393 e. The highest BCUT2D eigenvalue weighted by Crippen LogP contribution is 2.21. The fourth-order valence-electron chi connectivity index (χ4n) is 1.94. The van der Waals surface area contributed by atoms with Crippen LogP contribution < -0.4 is 10.6 Å². The molecule has 0 aliphatic carbocycles. The number of hydrogen-bond donors (Lipinski definition) is 3. The average Bonchev–Trinajstić information content (AvgIpc) is 3.05. The first-order valence-electron chi connectivity index (χ1n) is 6.48. The summed E-state index contributed by atoms with van der Waals surface area (Å²) in [5.74, 6) is 0.678. The smallest absolute Gasteiger partial charge is 0.210 e. The quantitative estimate of drug-likeness (QED) is 0.626. The van der Waals surface area contributed by atoms with Gasteiger partial charge in [-0.25, -0.2) is 4.98 Å². The molecule has 22 heavy (non-hydrogen) atoms. The second-order valence-electron chi connectivity index (χ2n) is 4.36. The molecule has 8 heteroatoms. The van der Waals surface area contributed by atoms with Gasteiger partial charge >= 0.3 is 0 Å². The SMILES string of the molecule is CN/C=C(\C=N)c1cnc2ccc(Nc3nncs3)nc2c1. The van der Waals surface area contributed by atoms with E-state index < -0.39 is 0 Å². The van der Waals surface area contributed by atoms with Gasteiger partial charge in [0.25, 0.3) is 0 Å². The molecule has 0 bridgehead atoms. The Bertz CT molecular complexity index is 826. The molecule has 3 heterocycles. The molecule has 3 rings (SSSR count). The van der Waals surface area contributed by atoms with Crippen molar-refractivity contribution in [3.05, 3.63) is 41.7 Å². The van der Waals surface area contributed by atoms with Crippen molar-refractivity contribution in [2.75, 3.05) is 12.4 Å². The third-order valence-corrected chi connectivity index (χ3v) is 3.53.